The van der Waals surface area contributed by atoms with Crippen LogP contribution in [0.25, 0.3) is 0 Å². The monoisotopic (exact) mass is 268 g/mol. The van der Waals surface area contributed by atoms with Gasteiger partial charge in [-0.3, -0.25) is 0 Å². The number of nitrogen functional groups attached to an aromatic ring is 1. The first-order chi connectivity index (χ1) is 9.83. The number of aryl methyl sites for hydroxylation is 1. The molecule has 0 radical (unpaired) electrons. The van der Waals surface area contributed by atoms with Gasteiger partial charge in [-0.25, -0.2) is 0 Å². The molecule has 3 nitrogen and oxygen atoms in total. The van der Waals surface area contributed by atoms with Gasteiger partial charge in [-0.2, -0.15) is 0 Å². The SMILES string of the molecule is Nc1ccc2c(c1)N(CCOc1ccccc1)CCC2. The smallest absolute Gasteiger partial charge is 0.119 e. The standard InChI is InChI=1S/C17H20N2O/c18-15-9-8-14-5-4-10-19(17(14)13-15)11-12-20-16-6-2-1-3-7-16/h1-3,6-9,13H,4-5,10-12,18H2. The molecule has 2 N–H and O–H groups in total. The van der Waals surface area contributed by atoms with Crippen molar-refractivity contribution < 1.29 is 4.74 Å². The molecule has 0 atom stereocenters. The van der Waals surface area contributed by atoms with Gasteiger partial charge in [0.1, 0.15) is 12.4 Å². The highest BCUT2D eigenvalue weighted by atomic mass is 16.5. The fraction of sp³-hybridized carbons (Fsp3) is 0.294. The van der Waals surface area contributed by atoms with E-state index in [2.05, 4.69) is 17.0 Å². The number of benzene rings is 2. The maximum atomic E-state index is 5.91. The average Bonchev–Trinajstić information content (AvgIpc) is 2.49. The lowest BCUT2D eigenvalue weighted by Crippen LogP contribution is -2.33. The Hall–Kier alpha value is -2.16. The molecule has 3 heteroatoms. The largest absolute Gasteiger partial charge is 0.492 e. The Kier molecular flexibility index (Phi) is 3.77. The third kappa shape index (κ3) is 2.87. The van der Waals surface area contributed by atoms with Crippen molar-refractivity contribution in [2.45, 2.75) is 12.8 Å². The minimum atomic E-state index is 0.693. The first-order valence-electron chi connectivity index (χ1n) is 7.14. The summed E-state index contributed by atoms with van der Waals surface area (Å²) in [5, 5.41) is 0. The number of nitrogens with zero attached hydrogens (tertiary/aromatic N) is 1. The Bertz CT molecular complexity index is 568. The molecular formula is C17H20N2O. The lowest BCUT2D eigenvalue weighted by atomic mass is 10.0. The first-order valence-corrected chi connectivity index (χ1v) is 7.14. The second-order valence-electron chi connectivity index (χ2n) is 5.14. The third-order valence-corrected chi connectivity index (χ3v) is 3.70. The molecule has 0 unspecified atom stereocenters. The van der Waals surface area contributed by atoms with Gasteiger partial charge in [-0.05, 0) is 42.7 Å². The molecule has 2 aromatic carbocycles. The summed E-state index contributed by atoms with van der Waals surface area (Å²) in [6.07, 6.45) is 2.34. The van der Waals surface area contributed by atoms with Crippen molar-refractivity contribution >= 4 is 11.4 Å². The van der Waals surface area contributed by atoms with Crippen molar-refractivity contribution in [3.05, 3.63) is 54.1 Å². The Labute approximate surface area is 120 Å². The molecule has 0 aromatic heterocycles. The highest BCUT2D eigenvalue weighted by molar-refractivity contribution is 5.62. The van der Waals surface area contributed by atoms with Gasteiger partial charge in [-0.1, -0.05) is 24.3 Å². The van der Waals surface area contributed by atoms with E-state index in [1.165, 1.54) is 17.7 Å². The van der Waals surface area contributed by atoms with Crippen LogP contribution in [0.5, 0.6) is 5.75 Å². The van der Waals surface area contributed by atoms with E-state index in [-0.39, 0.29) is 0 Å². The maximum Gasteiger partial charge on any atom is 0.119 e. The minimum Gasteiger partial charge on any atom is -0.492 e. The van der Waals surface area contributed by atoms with Gasteiger partial charge < -0.3 is 15.4 Å². The van der Waals surface area contributed by atoms with Crippen LogP contribution in [0.2, 0.25) is 0 Å². The highest BCUT2D eigenvalue weighted by Gasteiger charge is 2.16. The van der Waals surface area contributed by atoms with Crippen LogP contribution >= 0.6 is 0 Å². The summed E-state index contributed by atoms with van der Waals surface area (Å²) >= 11 is 0. The maximum absolute atomic E-state index is 5.91. The molecule has 20 heavy (non-hydrogen) atoms. The van der Waals surface area contributed by atoms with Crippen LogP contribution in [0.4, 0.5) is 11.4 Å². The number of fused-ring (bicyclic) bond motifs is 1. The summed E-state index contributed by atoms with van der Waals surface area (Å²) in [6, 6.07) is 16.2. The lowest BCUT2D eigenvalue weighted by molar-refractivity contribution is 0.322. The van der Waals surface area contributed by atoms with Gasteiger partial charge in [0.05, 0.1) is 6.54 Å². The number of para-hydroxylation sites is 1. The van der Waals surface area contributed by atoms with Crippen molar-refractivity contribution in [1.82, 2.24) is 0 Å². The molecule has 3 rings (SSSR count). The van der Waals surface area contributed by atoms with Crippen molar-refractivity contribution in [2.24, 2.45) is 0 Å². The number of hydrogen-bond acceptors (Lipinski definition) is 3. The second-order valence-corrected chi connectivity index (χ2v) is 5.14. The zero-order chi connectivity index (χ0) is 13.8. The number of ether oxygens (including phenoxy) is 1. The molecule has 1 aliphatic heterocycles. The zero-order valence-corrected chi connectivity index (χ0v) is 11.6. The van der Waals surface area contributed by atoms with Gasteiger partial charge in [0.25, 0.3) is 0 Å². The first kappa shape index (κ1) is 12.9. The van der Waals surface area contributed by atoms with E-state index >= 15 is 0 Å². The summed E-state index contributed by atoms with van der Waals surface area (Å²) < 4.78 is 5.78. The number of hydrogen-bond donors (Lipinski definition) is 1. The van der Waals surface area contributed by atoms with Crippen molar-refractivity contribution in [3.8, 4) is 5.75 Å². The fourth-order valence-corrected chi connectivity index (χ4v) is 2.69. The van der Waals surface area contributed by atoms with E-state index in [0.717, 1.165) is 30.9 Å². The fourth-order valence-electron chi connectivity index (χ4n) is 2.69. The van der Waals surface area contributed by atoms with Crippen molar-refractivity contribution in [1.29, 1.82) is 0 Å². The van der Waals surface area contributed by atoms with Gasteiger partial charge >= 0.3 is 0 Å². The molecule has 0 spiro atoms. The predicted molar refractivity (Wildman–Crippen MR) is 83.3 cm³/mol. The molecule has 2 aromatic rings. The summed E-state index contributed by atoms with van der Waals surface area (Å²) in [5.74, 6) is 0.928. The van der Waals surface area contributed by atoms with E-state index in [9.17, 15) is 0 Å². The molecule has 0 saturated carbocycles. The second kappa shape index (κ2) is 5.87. The van der Waals surface area contributed by atoms with Crippen LogP contribution < -0.4 is 15.4 Å². The molecule has 1 heterocycles. The van der Waals surface area contributed by atoms with Crippen LogP contribution in [0.1, 0.15) is 12.0 Å². The number of nitrogens with two attached hydrogens (primary N) is 1. The van der Waals surface area contributed by atoms with E-state index in [1.807, 2.05) is 36.4 Å². The van der Waals surface area contributed by atoms with E-state index < -0.39 is 0 Å². The Morgan fingerprint density at radius 3 is 2.80 bits per heavy atom. The van der Waals surface area contributed by atoms with Crippen LogP contribution in [-0.4, -0.2) is 19.7 Å². The summed E-state index contributed by atoms with van der Waals surface area (Å²) in [7, 11) is 0. The van der Waals surface area contributed by atoms with Gasteiger partial charge in [0, 0.05) is 17.9 Å². The van der Waals surface area contributed by atoms with Crippen LogP contribution in [0.3, 0.4) is 0 Å². The zero-order valence-electron chi connectivity index (χ0n) is 11.6. The van der Waals surface area contributed by atoms with E-state index in [1.54, 1.807) is 0 Å². The summed E-state index contributed by atoms with van der Waals surface area (Å²) in [6.45, 7) is 2.66. The van der Waals surface area contributed by atoms with Crippen LogP contribution in [-0.2, 0) is 6.42 Å². The Morgan fingerprint density at radius 2 is 1.95 bits per heavy atom. The topological polar surface area (TPSA) is 38.5 Å². The molecule has 104 valence electrons. The van der Waals surface area contributed by atoms with Crippen molar-refractivity contribution in [3.63, 3.8) is 0 Å². The minimum absolute atomic E-state index is 0.693. The van der Waals surface area contributed by atoms with Crippen LogP contribution in [0.15, 0.2) is 48.5 Å². The number of rotatable bonds is 4. The number of anilines is 2. The molecule has 0 saturated heterocycles. The molecule has 0 fully saturated rings. The van der Waals surface area contributed by atoms with Crippen LogP contribution in [0, 0.1) is 0 Å². The van der Waals surface area contributed by atoms with E-state index in [0.29, 0.717) is 6.61 Å². The summed E-state index contributed by atoms with van der Waals surface area (Å²) in [5.41, 5.74) is 9.40. The molecule has 0 aliphatic carbocycles. The van der Waals surface area contributed by atoms with Gasteiger partial charge in [0.2, 0.25) is 0 Å². The van der Waals surface area contributed by atoms with Gasteiger partial charge in [-0.15, -0.1) is 0 Å². The average molecular weight is 268 g/mol. The highest BCUT2D eigenvalue weighted by Crippen LogP contribution is 2.28. The van der Waals surface area contributed by atoms with E-state index in [4.69, 9.17) is 10.5 Å². The summed E-state index contributed by atoms with van der Waals surface area (Å²) in [4.78, 5) is 2.37. The lowest BCUT2D eigenvalue weighted by Gasteiger charge is -2.31. The molecule has 0 amide bonds. The third-order valence-electron chi connectivity index (χ3n) is 3.70. The molecule has 0 bridgehead atoms. The molecular weight excluding hydrogens is 248 g/mol. The van der Waals surface area contributed by atoms with Gasteiger partial charge in [0.15, 0.2) is 0 Å². The quantitative estimate of drug-likeness (QED) is 0.866. The van der Waals surface area contributed by atoms with Crippen molar-refractivity contribution in [2.75, 3.05) is 30.3 Å². The Balaban J connectivity index is 1.63. The molecule has 1 aliphatic rings. The Morgan fingerprint density at radius 1 is 1.10 bits per heavy atom. The normalized spacial score (nSPS) is 13.9. The predicted octanol–water partition coefficient (Wildman–Crippen LogP) is 3.10.